The van der Waals surface area contributed by atoms with Gasteiger partial charge in [0.1, 0.15) is 0 Å². The molecule has 1 saturated heterocycles. The summed E-state index contributed by atoms with van der Waals surface area (Å²) >= 11 is 0. The van der Waals surface area contributed by atoms with Crippen LogP contribution in [0.1, 0.15) is 61.3 Å². The van der Waals surface area contributed by atoms with Crippen molar-refractivity contribution in [3.8, 4) is 0 Å². The zero-order valence-corrected chi connectivity index (χ0v) is 14.2. The first-order valence-electron chi connectivity index (χ1n) is 8.92. The number of fused-ring (bicyclic) bond motifs is 1. The van der Waals surface area contributed by atoms with Crippen molar-refractivity contribution < 1.29 is 9.53 Å². The molecule has 2 unspecified atom stereocenters. The van der Waals surface area contributed by atoms with E-state index in [1.165, 1.54) is 0 Å². The number of ether oxygens (including phenoxy) is 1. The van der Waals surface area contributed by atoms with Crippen molar-refractivity contribution in [2.75, 3.05) is 13.2 Å². The van der Waals surface area contributed by atoms with Crippen LogP contribution in [0.15, 0.2) is 0 Å². The number of hydrogen-bond acceptors (Lipinski definition) is 4. The number of carbonyl (C=O) groups excluding carboxylic acids is 1. The van der Waals surface area contributed by atoms with Gasteiger partial charge in [-0.05, 0) is 18.8 Å². The predicted molar refractivity (Wildman–Crippen MR) is 88.3 cm³/mol. The van der Waals surface area contributed by atoms with Gasteiger partial charge in [0.25, 0.3) is 5.91 Å². The molecule has 2 aliphatic heterocycles. The van der Waals surface area contributed by atoms with Gasteiger partial charge < -0.3 is 15.4 Å². The summed E-state index contributed by atoms with van der Waals surface area (Å²) in [5, 5.41) is 13.7. The molecule has 3 rings (SSSR count). The van der Waals surface area contributed by atoms with E-state index in [0.29, 0.717) is 11.6 Å². The first-order chi connectivity index (χ1) is 11.2. The van der Waals surface area contributed by atoms with E-state index in [2.05, 4.69) is 34.7 Å². The largest absolute Gasteiger partial charge is 0.378 e. The lowest BCUT2D eigenvalue weighted by atomic mass is 9.89. The van der Waals surface area contributed by atoms with Crippen molar-refractivity contribution in [3.63, 3.8) is 0 Å². The Morgan fingerprint density at radius 3 is 3.04 bits per heavy atom. The summed E-state index contributed by atoms with van der Waals surface area (Å²) < 4.78 is 5.93. The van der Waals surface area contributed by atoms with Crippen molar-refractivity contribution in [1.29, 1.82) is 0 Å². The average Bonchev–Trinajstić information content (AvgIpc) is 3.00. The maximum atomic E-state index is 12.6. The van der Waals surface area contributed by atoms with E-state index in [1.54, 1.807) is 0 Å². The summed E-state index contributed by atoms with van der Waals surface area (Å²) in [7, 11) is 0. The van der Waals surface area contributed by atoms with Crippen LogP contribution in [0.5, 0.6) is 0 Å². The number of hydrogen-bond donors (Lipinski definition) is 3. The van der Waals surface area contributed by atoms with Gasteiger partial charge in [0.2, 0.25) is 0 Å². The SMILES string of the molecule is CCC(CC)C1CC(NC(=O)c2n[nH]c3c2CNCC3)CCO1. The molecule has 0 saturated carbocycles. The molecule has 0 radical (unpaired) electrons. The van der Waals surface area contributed by atoms with Gasteiger partial charge in [-0.3, -0.25) is 9.89 Å². The highest BCUT2D eigenvalue weighted by Crippen LogP contribution is 2.25. The molecule has 2 atom stereocenters. The molecule has 2 aliphatic rings. The Bertz CT molecular complexity index is 539. The van der Waals surface area contributed by atoms with E-state index in [-0.39, 0.29) is 18.1 Å². The Hall–Kier alpha value is -1.40. The van der Waals surface area contributed by atoms with E-state index in [0.717, 1.165) is 63.1 Å². The summed E-state index contributed by atoms with van der Waals surface area (Å²) in [6.07, 6.45) is 5.21. The van der Waals surface area contributed by atoms with Crippen molar-refractivity contribution in [1.82, 2.24) is 20.8 Å². The van der Waals surface area contributed by atoms with Crippen LogP contribution in [-0.4, -0.2) is 41.4 Å². The van der Waals surface area contributed by atoms with Gasteiger partial charge in [-0.1, -0.05) is 26.7 Å². The van der Waals surface area contributed by atoms with E-state index in [1.807, 2.05) is 0 Å². The number of H-pyrrole nitrogens is 1. The zero-order valence-electron chi connectivity index (χ0n) is 14.2. The Labute approximate surface area is 137 Å². The van der Waals surface area contributed by atoms with Gasteiger partial charge in [0, 0.05) is 43.4 Å². The van der Waals surface area contributed by atoms with Crippen molar-refractivity contribution in [2.24, 2.45) is 5.92 Å². The van der Waals surface area contributed by atoms with Crippen LogP contribution in [0.25, 0.3) is 0 Å². The van der Waals surface area contributed by atoms with Crippen LogP contribution in [0.3, 0.4) is 0 Å². The average molecular weight is 320 g/mol. The normalized spacial score (nSPS) is 24.5. The second kappa shape index (κ2) is 7.45. The van der Waals surface area contributed by atoms with Gasteiger partial charge in [-0.15, -0.1) is 0 Å². The van der Waals surface area contributed by atoms with Crippen molar-refractivity contribution >= 4 is 5.91 Å². The minimum atomic E-state index is -0.0543. The van der Waals surface area contributed by atoms with E-state index in [9.17, 15) is 4.79 Å². The van der Waals surface area contributed by atoms with Gasteiger partial charge in [0.15, 0.2) is 5.69 Å². The number of amides is 1. The molecule has 0 bridgehead atoms. The molecule has 0 aromatic carbocycles. The van der Waals surface area contributed by atoms with Gasteiger partial charge in [-0.25, -0.2) is 0 Å². The maximum absolute atomic E-state index is 12.6. The maximum Gasteiger partial charge on any atom is 0.272 e. The monoisotopic (exact) mass is 320 g/mol. The van der Waals surface area contributed by atoms with E-state index in [4.69, 9.17) is 4.74 Å². The highest BCUT2D eigenvalue weighted by molar-refractivity contribution is 5.94. The Morgan fingerprint density at radius 1 is 1.43 bits per heavy atom. The van der Waals surface area contributed by atoms with Crippen molar-refractivity contribution in [2.45, 2.75) is 64.6 Å². The fourth-order valence-electron chi connectivity index (χ4n) is 3.77. The fraction of sp³-hybridized carbons (Fsp3) is 0.765. The molecule has 3 N–H and O–H groups in total. The van der Waals surface area contributed by atoms with Crippen LogP contribution in [0, 0.1) is 5.92 Å². The smallest absolute Gasteiger partial charge is 0.272 e. The van der Waals surface area contributed by atoms with Crippen LogP contribution >= 0.6 is 0 Å². The summed E-state index contributed by atoms with van der Waals surface area (Å²) in [6.45, 7) is 6.81. The highest BCUT2D eigenvalue weighted by atomic mass is 16.5. The molecule has 1 aromatic rings. The molecule has 128 valence electrons. The van der Waals surface area contributed by atoms with Gasteiger partial charge in [0.05, 0.1) is 6.10 Å². The van der Waals surface area contributed by atoms with Crippen LogP contribution < -0.4 is 10.6 Å². The van der Waals surface area contributed by atoms with Gasteiger partial charge in [-0.2, -0.15) is 5.10 Å². The summed E-state index contributed by atoms with van der Waals surface area (Å²) in [4.78, 5) is 12.6. The zero-order chi connectivity index (χ0) is 16.2. The second-order valence-electron chi connectivity index (χ2n) is 6.64. The standard InChI is InChI=1S/C17H28N4O2/c1-3-11(4-2)15-9-12(6-8-23-15)19-17(22)16-13-10-18-7-5-14(13)20-21-16/h11-12,15,18H,3-10H2,1-2H3,(H,19,22)(H,20,21). The molecular formula is C17H28N4O2. The Kier molecular flexibility index (Phi) is 5.33. The molecule has 1 aromatic heterocycles. The van der Waals surface area contributed by atoms with Gasteiger partial charge >= 0.3 is 0 Å². The molecule has 23 heavy (non-hydrogen) atoms. The van der Waals surface area contributed by atoms with E-state index >= 15 is 0 Å². The summed E-state index contributed by atoms with van der Waals surface area (Å²) in [5.41, 5.74) is 2.67. The van der Waals surface area contributed by atoms with Crippen molar-refractivity contribution in [3.05, 3.63) is 17.0 Å². The van der Waals surface area contributed by atoms with Crippen LogP contribution in [-0.2, 0) is 17.7 Å². The van der Waals surface area contributed by atoms with Crippen LogP contribution in [0.4, 0.5) is 0 Å². The Morgan fingerprint density at radius 2 is 2.26 bits per heavy atom. The number of carbonyl (C=O) groups is 1. The third-order valence-corrected chi connectivity index (χ3v) is 5.25. The Balaban J connectivity index is 1.62. The molecule has 1 fully saturated rings. The van der Waals surface area contributed by atoms with Crippen LogP contribution in [0.2, 0.25) is 0 Å². The number of aromatic amines is 1. The number of rotatable bonds is 5. The minimum Gasteiger partial charge on any atom is -0.378 e. The first-order valence-corrected chi connectivity index (χ1v) is 8.92. The van der Waals surface area contributed by atoms with E-state index < -0.39 is 0 Å². The summed E-state index contributed by atoms with van der Waals surface area (Å²) in [5.74, 6) is 0.526. The molecule has 3 heterocycles. The first kappa shape index (κ1) is 16.5. The third-order valence-electron chi connectivity index (χ3n) is 5.25. The highest BCUT2D eigenvalue weighted by Gasteiger charge is 2.30. The molecule has 1 amide bonds. The lowest BCUT2D eigenvalue weighted by Gasteiger charge is -2.34. The lowest BCUT2D eigenvalue weighted by molar-refractivity contribution is -0.0337. The molecule has 6 heteroatoms. The number of nitrogens with one attached hydrogen (secondary N) is 3. The molecule has 0 aliphatic carbocycles. The summed E-state index contributed by atoms with van der Waals surface area (Å²) in [6, 6.07) is 0.186. The topological polar surface area (TPSA) is 79.0 Å². The number of nitrogens with zero attached hydrogens (tertiary/aromatic N) is 1. The molecular weight excluding hydrogens is 292 g/mol. The molecule has 6 nitrogen and oxygen atoms in total. The molecule has 0 spiro atoms. The number of aromatic nitrogens is 2. The third kappa shape index (κ3) is 3.58. The quantitative estimate of drug-likeness (QED) is 0.772. The second-order valence-corrected chi connectivity index (χ2v) is 6.64. The predicted octanol–water partition coefficient (Wildman–Crippen LogP) is 1.77. The lowest BCUT2D eigenvalue weighted by Crippen LogP contribution is -2.44. The fourth-order valence-corrected chi connectivity index (χ4v) is 3.77. The minimum absolute atomic E-state index is 0.0543.